The largest absolute Gasteiger partial charge is 0.455 e. The molecule has 2 heterocycles. The molecule has 4 heteroatoms. The molecule has 1 aliphatic carbocycles. The minimum atomic E-state index is -0.175. The van der Waals surface area contributed by atoms with E-state index in [-0.39, 0.29) is 5.41 Å². The van der Waals surface area contributed by atoms with Gasteiger partial charge >= 0.3 is 0 Å². The van der Waals surface area contributed by atoms with Crippen LogP contribution in [0.15, 0.2) is 168 Å². The van der Waals surface area contributed by atoms with Crippen molar-refractivity contribution in [1.82, 2.24) is 15.0 Å². The average Bonchev–Trinajstić information content (AvgIpc) is 3.73. The van der Waals surface area contributed by atoms with E-state index in [2.05, 4.69) is 117 Å². The summed E-state index contributed by atoms with van der Waals surface area (Å²) in [5.41, 5.74) is 12.1. The third-order valence-electron chi connectivity index (χ3n) is 11.3. The Hall–Kier alpha value is -6.91. The van der Waals surface area contributed by atoms with Gasteiger partial charge in [-0.2, -0.15) is 0 Å². The summed E-state index contributed by atoms with van der Waals surface area (Å²) in [5, 5.41) is 6.94. The summed E-state index contributed by atoms with van der Waals surface area (Å²) in [4.78, 5) is 15.0. The Labute approximate surface area is 312 Å². The molecule has 4 nitrogen and oxygen atoms in total. The van der Waals surface area contributed by atoms with Crippen LogP contribution in [-0.4, -0.2) is 15.0 Å². The van der Waals surface area contributed by atoms with E-state index in [1.807, 2.05) is 60.7 Å². The number of furan rings is 1. The van der Waals surface area contributed by atoms with E-state index < -0.39 is 0 Å². The summed E-state index contributed by atoms with van der Waals surface area (Å²) in [7, 11) is 0. The summed E-state index contributed by atoms with van der Waals surface area (Å²) >= 11 is 0. The Morgan fingerprint density at radius 3 is 1.69 bits per heavy atom. The van der Waals surface area contributed by atoms with Gasteiger partial charge in [-0.25, -0.2) is 15.0 Å². The maximum absolute atomic E-state index is 6.93. The van der Waals surface area contributed by atoms with Crippen LogP contribution in [0.4, 0.5) is 0 Å². The minimum Gasteiger partial charge on any atom is -0.455 e. The van der Waals surface area contributed by atoms with Crippen molar-refractivity contribution in [2.24, 2.45) is 0 Å². The first kappa shape index (κ1) is 30.7. The van der Waals surface area contributed by atoms with Crippen LogP contribution in [0.1, 0.15) is 25.0 Å². The lowest BCUT2D eigenvalue weighted by molar-refractivity contribution is 0.659. The number of nitrogens with zero attached hydrogens (tertiary/aromatic N) is 3. The number of aromatic nitrogens is 3. The van der Waals surface area contributed by atoms with E-state index in [0.717, 1.165) is 60.5 Å². The predicted octanol–water partition coefficient (Wildman–Crippen LogP) is 13.1. The first-order chi connectivity index (χ1) is 26.5. The van der Waals surface area contributed by atoms with Gasteiger partial charge in [-0.05, 0) is 67.7 Å². The molecular formula is C50H33N3O. The monoisotopic (exact) mass is 691 g/mol. The molecule has 0 spiro atoms. The molecule has 10 aromatic rings. The minimum absolute atomic E-state index is 0.175. The SMILES string of the molecule is CC1(C)c2ccccc2-c2c1c1c3ccc(-c4ccc(-c5nc(-c6ccccc6)nc(-c6ccccc6)n5)c5ccccc45)cc3oc1c1ccccc21. The van der Waals surface area contributed by atoms with Gasteiger partial charge in [0.15, 0.2) is 17.5 Å². The fourth-order valence-corrected chi connectivity index (χ4v) is 8.82. The standard InChI is InChI=1S/C50H33N3O/c1-50(2)41-24-14-13-23-39(41)43-36-21-11-12-22-37(36)46-44(45(43)50)40-26-25-32(29-42(40)54-46)33-27-28-38(35-20-10-9-19-34(33)35)49-52-47(30-15-5-3-6-16-30)51-48(53-49)31-17-7-4-8-18-31/h3-29H,1-2H3. The van der Waals surface area contributed by atoms with Crippen LogP contribution in [0.5, 0.6) is 0 Å². The van der Waals surface area contributed by atoms with Crippen LogP contribution >= 0.6 is 0 Å². The van der Waals surface area contributed by atoms with Crippen molar-refractivity contribution in [3.05, 3.63) is 175 Å². The van der Waals surface area contributed by atoms with E-state index in [9.17, 15) is 0 Å². The highest BCUT2D eigenvalue weighted by molar-refractivity contribution is 6.23. The third-order valence-corrected chi connectivity index (χ3v) is 11.3. The van der Waals surface area contributed by atoms with Crippen molar-refractivity contribution in [1.29, 1.82) is 0 Å². The fraction of sp³-hybridized carbons (Fsp3) is 0.0600. The quantitative estimate of drug-likeness (QED) is 0.184. The Bertz CT molecular complexity index is 3070. The number of hydrogen-bond donors (Lipinski definition) is 0. The summed E-state index contributed by atoms with van der Waals surface area (Å²) in [5.74, 6) is 1.93. The van der Waals surface area contributed by atoms with Gasteiger partial charge in [0.05, 0.1) is 0 Å². The zero-order valence-corrected chi connectivity index (χ0v) is 29.8. The maximum Gasteiger partial charge on any atom is 0.164 e. The highest BCUT2D eigenvalue weighted by Crippen LogP contribution is 2.56. The zero-order valence-electron chi connectivity index (χ0n) is 29.8. The number of fused-ring (bicyclic) bond motifs is 11. The lowest BCUT2D eigenvalue weighted by atomic mass is 9.79. The lowest BCUT2D eigenvalue weighted by Crippen LogP contribution is -2.15. The summed E-state index contributed by atoms with van der Waals surface area (Å²) < 4.78 is 6.93. The fourth-order valence-electron chi connectivity index (χ4n) is 8.82. The van der Waals surface area contributed by atoms with E-state index >= 15 is 0 Å². The number of hydrogen-bond acceptors (Lipinski definition) is 4. The molecule has 11 rings (SSSR count). The van der Waals surface area contributed by atoms with E-state index in [4.69, 9.17) is 19.4 Å². The topological polar surface area (TPSA) is 51.8 Å². The van der Waals surface area contributed by atoms with Gasteiger partial charge in [0, 0.05) is 38.3 Å². The molecule has 0 aliphatic heterocycles. The smallest absolute Gasteiger partial charge is 0.164 e. The van der Waals surface area contributed by atoms with Crippen molar-refractivity contribution in [2.45, 2.75) is 19.3 Å². The molecule has 0 saturated carbocycles. The molecule has 0 amide bonds. The lowest BCUT2D eigenvalue weighted by Gasteiger charge is -2.22. The predicted molar refractivity (Wildman–Crippen MR) is 221 cm³/mol. The van der Waals surface area contributed by atoms with Crippen LogP contribution in [0.25, 0.3) is 99.9 Å². The van der Waals surface area contributed by atoms with Crippen molar-refractivity contribution in [3.8, 4) is 56.4 Å². The van der Waals surface area contributed by atoms with Gasteiger partial charge in [-0.15, -0.1) is 0 Å². The van der Waals surface area contributed by atoms with E-state index in [1.54, 1.807) is 0 Å². The van der Waals surface area contributed by atoms with Crippen molar-refractivity contribution >= 4 is 43.5 Å². The summed E-state index contributed by atoms with van der Waals surface area (Å²) in [6.07, 6.45) is 0. The molecule has 0 N–H and O–H groups in total. The molecule has 0 fully saturated rings. The highest BCUT2D eigenvalue weighted by atomic mass is 16.3. The maximum atomic E-state index is 6.93. The summed E-state index contributed by atoms with van der Waals surface area (Å²) in [6, 6.07) is 57.4. The first-order valence-corrected chi connectivity index (χ1v) is 18.5. The zero-order chi connectivity index (χ0) is 36.0. The number of rotatable bonds is 4. The second-order valence-corrected chi connectivity index (χ2v) is 14.7. The molecule has 54 heavy (non-hydrogen) atoms. The van der Waals surface area contributed by atoms with Gasteiger partial charge in [0.25, 0.3) is 0 Å². The third kappa shape index (κ3) is 4.47. The molecule has 0 saturated heterocycles. The van der Waals surface area contributed by atoms with E-state index in [1.165, 1.54) is 33.0 Å². The van der Waals surface area contributed by atoms with Crippen LogP contribution in [0, 0.1) is 0 Å². The molecule has 8 aromatic carbocycles. The van der Waals surface area contributed by atoms with Gasteiger partial charge < -0.3 is 4.42 Å². The second-order valence-electron chi connectivity index (χ2n) is 14.7. The molecular weight excluding hydrogens is 659 g/mol. The molecule has 1 aliphatic rings. The Kier molecular flexibility index (Phi) is 6.56. The van der Waals surface area contributed by atoms with Crippen LogP contribution < -0.4 is 0 Å². The van der Waals surface area contributed by atoms with Gasteiger partial charge in [0.1, 0.15) is 11.2 Å². The Morgan fingerprint density at radius 2 is 0.981 bits per heavy atom. The highest BCUT2D eigenvalue weighted by Gasteiger charge is 2.39. The van der Waals surface area contributed by atoms with Gasteiger partial charge in [0.2, 0.25) is 0 Å². The summed E-state index contributed by atoms with van der Waals surface area (Å²) in [6.45, 7) is 4.70. The van der Waals surface area contributed by atoms with Crippen molar-refractivity contribution in [2.75, 3.05) is 0 Å². The van der Waals surface area contributed by atoms with Crippen LogP contribution in [0.2, 0.25) is 0 Å². The average molecular weight is 692 g/mol. The Balaban J connectivity index is 1.11. The first-order valence-electron chi connectivity index (χ1n) is 18.5. The van der Waals surface area contributed by atoms with E-state index in [0.29, 0.717) is 17.5 Å². The normalized spacial score (nSPS) is 13.1. The Morgan fingerprint density at radius 1 is 0.426 bits per heavy atom. The van der Waals surface area contributed by atoms with Crippen molar-refractivity contribution in [3.63, 3.8) is 0 Å². The molecule has 0 radical (unpaired) electrons. The van der Waals surface area contributed by atoms with Crippen LogP contribution in [-0.2, 0) is 5.41 Å². The molecule has 254 valence electrons. The van der Waals surface area contributed by atoms with Gasteiger partial charge in [-0.1, -0.05) is 159 Å². The second kappa shape index (κ2) is 11.5. The van der Waals surface area contributed by atoms with Crippen molar-refractivity contribution < 1.29 is 4.42 Å². The number of benzene rings is 8. The molecule has 0 bridgehead atoms. The molecule has 2 aromatic heterocycles. The molecule has 0 atom stereocenters. The van der Waals surface area contributed by atoms with Crippen LogP contribution in [0.3, 0.4) is 0 Å². The van der Waals surface area contributed by atoms with Gasteiger partial charge in [-0.3, -0.25) is 0 Å². The molecule has 0 unspecified atom stereocenters.